The summed E-state index contributed by atoms with van der Waals surface area (Å²) in [6.07, 6.45) is 0. The van der Waals surface area contributed by atoms with Crippen LogP contribution in [0.2, 0.25) is 0 Å². The summed E-state index contributed by atoms with van der Waals surface area (Å²) in [5.74, 6) is 0.811. The van der Waals surface area contributed by atoms with E-state index in [1.165, 1.54) is 0 Å². The Labute approximate surface area is 143 Å². The van der Waals surface area contributed by atoms with Crippen molar-refractivity contribution in [1.29, 1.82) is 0 Å². The second-order valence-electron chi connectivity index (χ2n) is 6.26. The van der Waals surface area contributed by atoms with Crippen molar-refractivity contribution in [3.05, 3.63) is 29.3 Å². The van der Waals surface area contributed by atoms with E-state index < -0.39 is 0 Å². The van der Waals surface area contributed by atoms with E-state index in [1.807, 2.05) is 37.9 Å². The SMILES string of the molecule is CNCC(C)C(=O)N1CCN(C(=O)c2ccc(C)c(OC)c2)CC1. The number of ether oxygens (including phenoxy) is 1. The predicted octanol–water partition coefficient (Wildman–Crippen LogP) is 1.14. The molecule has 0 aliphatic carbocycles. The molecule has 6 heteroatoms. The monoisotopic (exact) mass is 333 g/mol. The molecule has 0 radical (unpaired) electrons. The fourth-order valence-corrected chi connectivity index (χ4v) is 2.97. The highest BCUT2D eigenvalue weighted by atomic mass is 16.5. The molecule has 132 valence electrons. The van der Waals surface area contributed by atoms with Crippen molar-refractivity contribution in [2.45, 2.75) is 13.8 Å². The molecule has 1 heterocycles. The van der Waals surface area contributed by atoms with Crippen LogP contribution in [-0.2, 0) is 4.79 Å². The van der Waals surface area contributed by atoms with Gasteiger partial charge in [-0.25, -0.2) is 0 Å². The van der Waals surface area contributed by atoms with Gasteiger partial charge in [-0.2, -0.15) is 0 Å². The van der Waals surface area contributed by atoms with Crippen LogP contribution < -0.4 is 10.1 Å². The van der Waals surface area contributed by atoms with E-state index in [0.29, 0.717) is 38.3 Å². The van der Waals surface area contributed by atoms with Gasteiger partial charge in [-0.1, -0.05) is 13.0 Å². The molecule has 2 rings (SSSR count). The minimum atomic E-state index is -0.0430. The number of rotatable bonds is 5. The molecule has 1 aromatic carbocycles. The zero-order valence-electron chi connectivity index (χ0n) is 15.0. The van der Waals surface area contributed by atoms with Gasteiger partial charge in [0.25, 0.3) is 5.91 Å². The first kappa shape index (κ1) is 18.3. The second-order valence-corrected chi connectivity index (χ2v) is 6.26. The second kappa shape index (κ2) is 8.15. The third kappa shape index (κ3) is 4.06. The van der Waals surface area contributed by atoms with Gasteiger partial charge in [0.15, 0.2) is 0 Å². The van der Waals surface area contributed by atoms with Gasteiger partial charge in [0, 0.05) is 44.2 Å². The number of amides is 2. The number of piperazine rings is 1. The number of aryl methyl sites for hydroxylation is 1. The van der Waals surface area contributed by atoms with Crippen LogP contribution in [0.1, 0.15) is 22.8 Å². The maximum Gasteiger partial charge on any atom is 0.254 e. The average Bonchev–Trinajstić information content (AvgIpc) is 2.61. The van der Waals surface area contributed by atoms with E-state index in [1.54, 1.807) is 18.1 Å². The number of benzene rings is 1. The molecule has 1 saturated heterocycles. The highest BCUT2D eigenvalue weighted by Gasteiger charge is 2.27. The fourth-order valence-electron chi connectivity index (χ4n) is 2.97. The summed E-state index contributed by atoms with van der Waals surface area (Å²) >= 11 is 0. The number of methoxy groups -OCH3 is 1. The van der Waals surface area contributed by atoms with E-state index in [-0.39, 0.29) is 17.7 Å². The Morgan fingerprint density at radius 1 is 1.21 bits per heavy atom. The largest absolute Gasteiger partial charge is 0.496 e. The van der Waals surface area contributed by atoms with E-state index in [4.69, 9.17) is 4.74 Å². The Balaban J connectivity index is 1.97. The molecule has 1 aliphatic rings. The molecule has 1 aromatic rings. The zero-order valence-corrected chi connectivity index (χ0v) is 15.0. The molecule has 0 saturated carbocycles. The van der Waals surface area contributed by atoms with Crippen LogP contribution in [0.15, 0.2) is 18.2 Å². The van der Waals surface area contributed by atoms with Crippen LogP contribution >= 0.6 is 0 Å². The van der Waals surface area contributed by atoms with Gasteiger partial charge in [-0.3, -0.25) is 9.59 Å². The molecular formula is C18H27N3O3. The van der Waals surface area contributed by atoms with Crippen molar-refractivity contribution in [3.8, 4) is 5.75 Å². The predicted molar refractivity (Wildman–Crippen MR) is 93.3 cm³/mol. The summed E-state index contributed by atoms with van der Waals surface area (Å²) in [5.41, 5.74) is 1.63. The topological polar surface area (TPSA) is 61.9 Å². The highest BCUT2D eigenvalue weighted by molar-refractivity contribution is 5.95. The fraction of sp³-hybridized carbons (Fsp3) is 0.556. The van der Waals surface area contributed by atoms with Crippen LogP contribution in [0.3, 0.4) is 0 Å². The lowest BCUT2D eigenvalue weighted by Gasteiger charge is -2.36. The number of hydrogen-bond acceptors (Lipinski definition) is 4. The highest BCUT2D eigenvalue weighted by Crippen LogP contribution is 2.20. The van der Waals surface area contributed by atoms with Crippen LogP contribution in [0.25, 0.3) is 0 Å². The first-order valence-electron chi connectivity index (χ1n) is 8.35. The average molecular weight is 333 g/mol. The molecule has 24 heavy (non-hydrogen) atoms. The Morgan fingerprint density at radius 2 is 1.83 bits per heavy atom. The summed E-state index contributed by atoms with van der Waals surface area (Å²) < 4.78 is 5.29. The summed E-state index contributed by atoms with van der Waals surface area (Å²) in [6, 6.07) is 5.50. The van der Waals surface area contributed by atoms with Crippen LogP contribution in [0.5, 0.6) is 5.75 Å². The van der Waals surface area contributed by atoms with Gasteiger partial charge < -0.3 is 19.9 Å². The maximum atomic E-state index is 12.6. The summed E-state index contributed by atoms with van der Waals surface area (Å²) in [5, 5.41) is 3.03. The Kier molecular flexibility index (Phi) is 6.20. The molecule has 6 nitrogen and oxygen atoms in total. The van der Waals surface area contributed by atoms with Gasteiger partial charge in [-0.15, -0.1) is 0 Å². The van der Waals surface area contributed by atoms with Crippen LogP contribution in [0, 0.1) is 12.8 Å². The Hall–Kier alpha value is -2.08. The van der Waals surface area contributed by atoms with Crippen molar-refractivity contribution in [3.63, 3.8) is 0 Å². The maximum absolute atomic E-state index is 12.6. The van der Waals surface area contributed by atoms with Crippen molar-refractivity contribution in [1.82, 2.24) is 15.1 Å². The zero-order chi connectivity index (χ0) is 17.7. The first-order valence-corrected chi connectivity index (χ1v) is 8.35. The third-order valence-electron chi connectivity index (χ3n) is 4.47. The third-order valence-corrected chi connectivity index (χ3v) is 4.47. The Morgan fingerprint density at radius 3 is 2.42 bits per heavy atom. The van der Waals surface area contributed by atoms with Gasteiger partial charge in [0.05, 0.1) is 7.11 Å². The molecule has 1 atom stereocenters. The van der Waals surface area contributed by atoms with Gasteiger partial charge >= 0.3 is 0 Å². The van der Waals surface area contributed by atoms with Crippen LogP contribution in [-0.4, -0.2) is 68.5 Å². The lowest BCUT2D eigenvalue weighted by atomic mass is 10.1. The van der Waals surface area contributed by atoms with E-state index in [9.17, 15) is 9.59 Å². The van der Waals surface area contributed by atoms with Crippen LogP contribution in [0.4, 0.5) is 0 Å². The Bertz CT molecular complexity index is 595. The molecule has 0 aromatic heterocycles. The molecular weight excluding hydrogens is 306 g/mol. The standard InChI is InChI=1S/C18H27N3O3/c1-13-5-6-15(11-16(13)24-4)18(23)21-9-7-20(8-10-21)17(22)14(2)12-19-3/h5-6,11,14,19H,7-10,12H2,1-4H3. The molecule has 0 spiro atoms. The number of nitrogens with one attached hydrogen (secondary N) is 1. The molecule has 1 N–H and O–H groups in total. The normalized spacial score (nSPS) is 16.0. The van der Waals surface area contributed by atoms with Crippen molar-refractivity contribution < 1.29 is 14.3 Å². The number of carbonyl (C=O) groups is 2. The summed E-state index contributed by atoms with van der Waals surface area (Å²) in [4.78, 5) is 28.6. The number of nitrogens with zero attached hydrogens (tertiary/aromatic N) is 2. The minimum Gasteiger partial charge on any atom is -0.496 e. The molecule has 1 fully saturated rings. The molecule has 0 bridgehead atoms. The van der Waals surface area contributed by atoms with Gasteiger partial charge in [0.1, 0.15) is 5.75 Å². The molecule has 1 unspecified atom stereocenters. The smallest absolute Gasteiger partial charge is 0.254 e. The first-order chi connectivity index (χ1) is 11.5. The van der Waals surface area contributed by atoms with E-state index >= 15 is 0 Å². The lowest BCUT2D eigenvalue weighted by molar-refractivity contribution is -0.136. The van der Waals surface area contributed by atoms with Gasteiger partial charge in [-0.05, 0) is 31.7 Å². The number of carbonyl (C=O) groups excluding carboxylic acids is 2. The lowest BCUT2D eigenvalue weighted by Crippen LogP contribution is -2.52. The van der Waals surface area contributed by atoms with Crippen molar-refractivity contribution in [2.24, 2.45) is 5.92 Å². The quantitative estimate of drug-likeness (QED) is 0.878. The minimum absolute atomic E-state index is 0.0105. The van der Waals surface area contributed by atoms with E-state index in [2.05, 4.69) is 5.32 Å². The summed E-state index contributed by atoms with van der Waals surface area (Å²) in [7, 11) is 3.45. The van der Waals surface area contributed by atoms with Crippen molar-refractivity contribution >= 4 is 11.8 Å². The summed E-state index contributed by atoms with van der Waals surface area (Å²) in [6.45, 7) is 6.84. The number of hydrogen-bond donors (Lipinski definition) is 1. The molecule has 1 aliphatic heterocycles. The van der Waals surface area contributed by atoms with Gasteiger partial charge in [0.2, 0.25) is 5.91 Å². The van der Waals surface area contributed by atoms with E-state index in [0.717, 1.165) is 11.3 Å². The molecule has 2 amide bonds. The van der Waals surface area contributed by atoms with Crippen molar-refractivity contribution in [2.75, 3.05) is 46.9 Å².